The van der Waals surface area contributed by atoms with Crippen LogP contribution in [0.5, 0.6) is 0 Å². The molecule has 0 bridgehead atoms. The van der Waals surface area contributed by atoms with E-state index in [2.05, 4.69) is 0 Å². The number of halogens is 2. The van der Waals surface area contributed by atoms with Crippen molar-refractivity contribution in [2.75, 3.05) is 26.0 Å². The summed E-state index contributed by atoms with van der Waals surface area (Å²) in [6.45, 7) is 4.33. The molecule has 0 spiro atoms. The lowest BCUT2D eigenvalue weighted by atomic mass is 10.1. The fourth-order valence-electron chi connectivity index (χ4n) is 1.66. The summed E-state index contributed by atoms with van der Waals surface area (Å²) >= 11 is 0. The summed E-state index contributed by atoms with van der Waals surface area (Å²) in [5.74, 6) is -2.32. The van der Waals surface area contributed by atoms with Crippen LogP contribution in [0.25, 0.3) is 0 Å². The van der Waals surface area contributed by atoms with E-state index in [9.17, 15) is 13.6 Å². The van der Waals surface area contributed by atoms with E-state index in [1.807, 2.05) is 13.8 Å². The summed E-state index contributed by atoms with van der Waals surface area (Å²) in [5.41, 5.74) is 4.53. The average Bonchev–Trinajstić information content (AvgIpc) is 2.35. The smallest absolute Gasteiger partial charge is 0.254 e. The molecule has 0 heterocycles. The Morgan fingerprint density at radius 3 is 2.32 bits per heavy atom. The zero-order valence-corrected chi connectivity index (χ0v) is 11.2. The fourth-order valence-corrected chi connectivity index (χ4v) is 1.66. The van der Waals surface area contributed by atoms with Crippen molar-refractivity contribution in [2.24, 2.45) is 0 Å². The van der Waals surface area contributed by atoms with Crippen molar-refractivity contribution < 1.29 is 18.3 Å². The number of hydrogen-bond acceptors (Lipinski definition) is 3. The van der Waals surface area contributed by atoms with Crippen molar-refractivity contribution in [3.8, 4) is 0 Å². The van der Waals surface area contributed by atoms with Gasteiger partial charge in [0.15, 0.2) is 0 Å². The number of carbonyl (C=O) groups excluding carboxylic acids is 1. The molecule has 4 nitrogen and oxygen atoms in total. The van der Waals surface area contributed by atoms with Crippen LogP contribution < -0.4 is 5.73 Å². The minimum absolute atomic E-state index is 0.0611. The quantitative estimate of drug-likeness (QED) is 0.835. The minimum atomic E-state index is -0.932. The number of carbonyl (C=O) groups is 1. The highest BCUT2D eigenvalue weighted by molar-refractivity contribution is 5.94. The van der Waals surface area contributed by atoms with Gasteiger partial charge in [-0.25, -0.2) is 8.78 Å². The highest BCUT2D eigenvalue weighted by Gasteiger charge is 2.21. The third-order valence-corrected chi connectivity index (χ3v) is 2.75. The van der Waals surface area contributed by atoms with Gasteiger partial charge < -0.3 is 15.4 Å². The molecule has 0 atom stereocenters. The molecule has 1 aromatic carbocycles. The molecular formula is C13H18F2N2O2. The minimum Gasteiger partial charge on any atom is -0.394 e. The Balaban J connectivity index is 3.03. The molecule has 0 aliphatic heterocycles. The molecule has 0 unspecified atom stereocenters. The number of nitrogens with two attached hydrogens (primary N) is 1. The molecule has 0 aliphatic rings. The van der Waals surface area contributed by atoms with Crippen LogP contribution >= 0.6 is 0 Å². The second-order valence-corrected chi connectivity index (χ2v) is 4.44. The van der Waals surface area contributed by atoms with Crippen molar-refractivity contribution >= 4 is 11.6 Å². The van der Waals surface area contributed by atoms with Crippen LogP contribution in [0.1, 0.15) is 24.2 Å². The van der Waals surface area contributed by atoms with Crippen molar-refractivity contribution in [3.63, 3.8) is 0 Å². The number of nitrogens with zero attached hydrogens (tertiary/aromatic N) is 1. The number of nitrogen functional groups attached to an aromatic ring is 1. The molecular weight excluding hydrogens is 254 g/mol. The average molecular weight is 272 g/mol. The molecule has 0 aliphatic carbocycles. The summed E-state index contributed by atoms with van der Waals surface area (Å²) < 4.78 is 31.6. The molecule has 1 rings (SSSR count). The third-order valence-electron chi connectivity index (χ3n) is 2.75. The first-order valence-electron chi connectivity index (χ1n) is 5.93. The molecule has 1 aromatic rings. The Morgan fingerprint density at radius 1 is 1.37 bits per heavy atom. The summed E-state index contributed by atoms with van der Waals surface area (Å²) in [5, 5.41) is 0. The van der Waals surface area contributed by atoms with Gasteiger partial charge in [-0.1, -0.05) is 0 Å². The molecule has 2 N–H and O–H groups in total. The van der Waals surface area contributed by atoms with Crippen LogP contribution in [0, 0.1) is 11.6 Å². The number of benzene rings is 1. The zero-order chi connectivity index (χ0) is 14.6. The van der Waals surface area contributed by atoms with E-state index in [0.717, 1.165) is 12.1 Å². The van der Waals surface area contributed by atoms with Gasteiger partial charge in [-0.3, -0.25) is 4.79 Å². The van der Waals surface area contributed by atoms with Crippen LogP contribution in [0.4, 0.5) is 14.5 Å². The number of rotatable bonds is 5. The molecule has 0 fully saturated rings. The van der Waals surface area contributed by atoms with E-state index in [4.69, 9.17) is 10.5 Å². The first kappa shape index (κ1) is 15.4. The van der Waals surface area contributed by atoms with Gasteiger partial charge in [0.25, 0.3) is 5.91 Å². The van der Waals surface area contributed by atoms with Crippen molar-refractivity contribution in [3.05, 3.63) is 29.3 Å². The Morgan fingerprint density at radius 2 is 1.89 bits per heavy atom. The number of anilines is 1. The SMILES string of the molecule is COCCN(C(=O)c1cc(F)c(N)c(F)c1)C(C)C. The van der Waals surface area contributed by atoms with Gasteiger partial charge >= 0.3 is 0 Å². The maximum atomic E-state index is 13.4. The Kier molecular flexibility index (Phi) is 5.23. The van der Waals surface area contributed by atoms with Crippen molar-refractivity contribution in [2.45, 2.75) is 19.9 Å². The van der Waals surface area contributed by atoms with E-state index >= 15 is 0 Å². The Hall–Kier alpha value is -1.69. The first-order valence-corrected chi connectivity index (χ1v) is 5.93. The molecule has 0 saturated heterocycles. The summed E-state index contributed by atoms with van der Waals surface area (Å²) in [7, 11) is 1.52. The number of ether oxygens (including phenoxy) is 1. The van der Waals surface area contributed by atoms with Gasteiger partial charge in [0.2, 0.25) is 0 Å². The second-order valence-electron chi connectivity index (χ2n) is 4.44. The van der Waals surface area contributed by atoms with Gasteiger partial charge in [-0.05, 0) is 26.0 Å². The Labute approximate surface area is 111 Å². The summed E-state index contributed by atoms with van der Waals surface area (Å²) in [4.78, 5) is 13.7. The fraction of sp³-hybridized carbons (Fsp3) is 0.462. The van der Waals surface area contributed by atoms with Gasteiger partial charge in [-0.15, -0.1) is 0 Å². The maximum absolute atomic E-state index is 13.4. The van der Waals surface area contributed by atoms with Gasteiger partial charge in [0.05, 0.1) is 6.61 Å². The van der Waals surface area contributed by atoms with E-state index in [1.165, 1.54) is 12.0 Å². The van der Waals surface area contributed by atoms with Crippen LogP contribution in [-0.4, -0.2) is 37.1 Å². The van der Waals surface area contributed by atoms with Gasteiger partial charge in [-0.2, -0.15) is 0 Å². The summed E-state index contributed by atoms with van der Waals surface area (Å²) in [6.07, 6.45) is 0. The lowest BCUT2D eigenvalue weighted by Gasteiger charge is -2.26. The Bertz CT molecular complexity index is 441. The highest BCUT2D eigenvalue weighted by atomic mass is 19.1. The molecule has 106 valence electrons. The van der Waals surface area contributed by atoms with Crippen LogP contribution in [0.2, 0.25) is 0 Å². The first-order chi connectivity index (χ1) is 8.88. The monoisotopic (exact) mass is 272 g/mol. The lowest BCUT2D eigenvalue weighted by Crippen LogP contribution is -2.39. The lowest BCUT2D eigenvalue weighted by molar-refractivity contribution is 0.0634. The van der Waals surface area contributed by atoms with Crippen LogP contribution in [-0.2, 0) is 4.74 Å². The third kappa shape index (κ3) is 3.64. The highest BCUT2D eigenvalue weighted by Crippen LogP contribution is 2.19. The number of amides is 1. The standard InChI is InChI=1S/C13H18F2N2O2/c1-8(2)17(4-5-19-3)13(18)9-6-10(14)12(16)11(15)7-9/h6-8H,4-5,16H2,1-3H3. The van der Waals surface area contributed by atoms with Crippen LogP contribution in [0.15, 0.2) is 12.1 Å². The predicted molar refractivity (Wildman–Crippen MR) is 68.8 cm³/mol. The van der Waals surface area contributed by atoms with Crippen LogP contribution in [0.3, 0.4) is 0 Å². The van der Waals surface area contributed by atoms with Gasteiger partial charge in [0.1, 0.15) is 17.3 Å². The molecule has 6 heteroatoms. The van der Waals surface area contributed by atoms with E-state index in [-0.39, 0.29) is 11.6 Å². The topological polar surface area (TPSA) is 55.6 Å². The number of hydrogen-bond donors (Lipinski definition) is 1. The van der Waals surface area contributed by atoms with Crippen molar-refractivity contribution in [1.29, 1.82) is 0 Å². The maximum Gasteiger partial charge on any atom is 0.254 e. The molecule has 0 radical (unpaired) electrons. The predicted octanol–water partition coefficient (Wildman–Crippen LogP) is 2.04. The van der Waals surface area contributed by atoms with E-state index in [0.29, 0.717) is 13.2 Å². The van der Waals surface area contributed by atoms with E-state index in [1.54, 1.807) is 0 Å². The molecule has 1 amide bonds. The van der Waals surface area contributed by atoms with Gasteiger partial charge in [0, 0.05) is 25.3 Å². The second kappa shape index (κ2) is 6.47. The van der Waals surface area contributed by atoms with Crippen molar-refractivity contribution in [1.82, 2.24) is 4.90 Å². The van der Waals surface area contributed by atoms with E-state index < -0.39 is 23.2 Å². The molecule has 19 heavy (non-hydrogen) atoms. The number of methoxy groups -OCH3 is 1. The normalized spacial score (nSPS) is 10.8. The largest absolute Gasteiger partial charge is 0.394 e. The zero-order valence-electron chi connectivity index (χ0n) is 11.2. The summed E-state index contributed by atoms with van der Waals surface area (Å²) in [6, 6.07) is 1.79. The molecule has 0 aromatic heterocycles. The molecule has 0 saturated carbocycles.